The number of sulfone groups is 1. The van der Waals surface area contributed by atoms with E-state index in [2.05, 4.69) is 0 Å². The summed E-state index contributed by atoms with van der Waals surface area (Å²) >= 11 is 0. The zero-order chi connectivity index (χ0) is 10.6. The highest BCUT2D eigenvalue weighted by molar-refractivity contribution is 7.90. The molecule has 0 aliphatic heterocycles. The molecule has 4 heteroatoms. The molecule has 0 amide bonds. The van der Waals surface area contributed by atoms with Crippen LogP contribution in [0.2, 0.25) is 0 Å². The molecule has 0 aromatic heterocycles. The Kier molecular flexibility index (Phi) is 3.66. The van der Waals surface area contributed by atoms with Gasteiger partial charge in [-0.2, -0.15) is 0 Å². The molecule has 0 aliphatic carbocycles. The first-order chi connectivity index (χ1) is 6.55. The van der Waals surface area contributed by atoms with E-state index in [1.54, 1.807) is 6.07 Å². The molecule has 3 nitrogen and oxygen atoms in total. The Morgan fingerprint density at radius 1 is 1.29 bits per heavy atom. The van der Waals surface area contributed by atoms with E-state index in [-0.39, 0.29) is 18.1 Å². The minimum Gasteiger partial charge on any atom is -0.395 e. The Bertz CT molecular complexity index is 396. The van der Waals surface area contributed by atoms with Crippen molar-refractivity contribution in [2.75, 3.05) is 12.4 Å². The molecule has 0 saturated heterocycles. The summed E-state index contributed by atoms with van der Waals surface area (Å²) in [6, 6.07) is 7.36. The molecule has 0 radical (unpaired) electrons. The molecule has 0 saturated carbocycles. The highest BCUT2D eigenvalue weighted by atomic mass is 32.2. The highest BCUT2D eigenvalue weighted by Crippen LogP contribution is 2.11. The first-order valence-corrected chi connectivity index (χ1v) is 6.23. The Morgan fingerprint density at radius 3 is 2.50 bits per heavy atom. The van der Waals surface area contributed by atoms with Gasteiger partial charge >= 0.3 is 0 Å². The fourth-order valence-electron chi connectivity index (χ4n) is 1.22. The van der Waals surface area contributed by atoms with E-state index in [1.165, 1.54) is 0 Å². The number of aliphatic hydroxyl groups is 1. The third-order valence-electron chi connectivity index (χ3n) is 2.04. The van der Waals surface area contributed by atoms with Crippen LogP contribution in [0.4, 0.5) is 0 Å². The van der Waals surface area contributed by atoms with Crippen LogP contribution in [-0.4, -0.2) is 25.9 Å². The summed E-state index contributed by atoms with van der Waals surface area (Å²) in [7, 11) is -3.16. The smallest absolute Gasteiger partial charge is 0.156 e. The lowest BCUT2D eigenvalue weighted by Gasteiger charge is -2.05. The Hall–Kier alpha value is -0.870. The van der Waals surface area contributed by atoms with Crippen LogP contribution in [0.15, 0.2) is 24.3 Å². The fraction of sp³-hybridized carbons (Fsp3) is 0.400. The molecule has 78 valence electrons. The lowest BCUT2D eigenvalue weighted by Crippen LogP contribution is -2.12. The quantitative estimate of drug-likeness (QED) is 0.810. The predicted molar refractivity (Wildman–Crippen MR) is 55.8 cm³/mol. The summed E-state index contributed by atoms with van der Waals surface area (Å²) in [4.78, 5) is 0. The summed E-state index contributed by atoms with van der Waals surface area (Å²) < 4.78 is 22.8. The van der Waals surface area contributed by atoms with Crippen molar-refractivity contribution in [2.45, 2.75) is 12.7 Å². The summed E-state index contributed by atoms with van der Waals surface area (Å²) in [5, 5.41) is 8.57. The second-order valence-electron chi connectivity index (χ2n) is 3.24. The lowest BCUT2D eigenvalue weighted by molar-refractivity contribution is 0.319. The number of aryl methyl sites for hydroxylation is 1. The van der Waals surface area contributed by atoms with Gasteiger partial charge in [0, 0.05) is 0 Å². The lowest BCUT2D eigenvalue weighted by atomic mass is 10.1. The second kappa shape index (κ2) is 4.57. The van der Waals surface area contributed by atoms with Gasteiger partial charge in [0.2, 0.25) is 0 Å². The molecule has 0 heterocycles. The maximum absolute atomic E-state index is 11.4. The van der Waals surface area contributed by atoms with E-state index in [0.29, 0.717) is 0 Å². The average Bonchev–Trinajstić information content (AvgIpc) is 2.08. The Balaban J connectivity index is 2.84. The van der Waals surface area contributed by atoms with Gasteiger partial charge in [-0.05, 0) is 18.1 Å². The van der Waals surface area contributed by atoms with Crippen molar-refractivity contribution in [3.05, 3.63) is 35.4 Å². The van der Waals surface area contributed by atoms with Crippen molar-refractivity contribution < 1.29 is 13.5 Å². The van der Waals surface area contributed by atoms with Crippen molar-refractivity contribution in [3.8, 4) is 0 Å². The molecule has 1 aromatic carbocycles. The zero-order valence-electron chi connectivity index (χ0n) is 8.10. The maximum Gasteiger partial charge on any atom is 0.156 e. The number of hydrogen-bond donors (Lipinski definition) is 1. The van der Waals surface area contributed by atoms with E-state index < -0.39 is 9.84 Å². The number of aliphatic hydroxyl groups excluding tert-OH is 1. The summed E-state index contributed by atoms with van der Waals surface area (Å²) in [6.45, 7) is 1.57. The van der Waals surface area contributed by atoms with E-state index in [4.69, 9.17) is 5.11 Å². The molecule has 0 atom stereocenters. The molecule has 1 aromatic rings. The monoisotopic (exact) mass is 214 g/mol. The van der Waals surface area contributed by atoms with E-state index in [9.17, 15) is 8.42 Å². The predicted octanol–water partition coefficient (Wildman–Crippen LogP) is 0.902. The SMILES string of the molecule is Cc1ccccc1CS(=O)(=O)CCO. The van der Waals surface area contributed by atoms with Gasteiger partial charge in [0.05, 0.1) is 18.1 Å². The van der Waals surface area contributed by atoms with Crippen LogP contribution in [0.1, 0.15) is 11.1 Å². The largest absolute Gasteiger partial charge is 0.395 e. The van der Waals surface area contributed by atoms with Crippen LogP contribution in [0.5, 0.6) is 0 Å². The minimum atomic E-state index is -3.16. The third-order valence-corrected chi connectivity index (χ3v) is 3.59. The molecule has 0 spiro atoms. The van der Waals surface area contributed by atoms with Crippen LogP contribution < -0.4 is 0 Å². The molecule has 0 fully saturated rings. The van der Waals surface area contributed by atoms with Crippen LogP contribution in [-0.2, 0) is 15.6 Å². The van der Waals surface area contributed by atoms with E-state index in [0.717, 1.165) is 11.1 Å². The van der Waals surface area contributed by atoms with Crippen molar-refractivity contribution in [2.24, 2.45) is 0 Å². The molecule has 0 bridgehead atoms. The van der Waals surface area contributed by atoms with Gasteiger partial charge in [-0.1, -0.05) is 24.3 Å². The molecular formula is C10H14O3S. The normalized spacial score (nSPS) is 11.6. The van der Waals surface area contributed by atoms with Gasteiger partial charge in [0.15, 0.2) is 9.84 Å². The number of benzene rings is 1. The van der Waals surface area contributed by atoms with Crippen molar-refractivity contribution in [3.63, 3.8) is 0 Å². The first kappa shape index (κ1) is 11.2. The molecule has 14 heavy (non-hydrogen) atoms. The Labute approximate surface area is 84.3 Å². The topological polar surface area (TPSA) is 54.4 Å². The minimum absolute atomic E-state index is 0.0141. The van der Waals surface area contributed by atoms with Crippen LogP contribution in [0, 0.1) is 6.92 Å². The van der Waals surface area contributed by atoms with E-state index in [1.807, 2.05) is 25.1 Å². The van der Waals surface area contributed by atoms with Crippen LogP contribution in [0.3, 0.4) is 0 Å². The van der Waals surface area contributed by atoms with Gasteiger partial charge < -0.3 is 5.11 Å². The van der Waals surface area contributed by atoms with Crippen molar-refractivity contribution >= 4 is 9.84 Å². The highest BCUT2D eigenvalue weighted by Gasteiger charge is 2.11. The van der Waals surface area contributed by atoms with Gasteiger partial charge in [-0.25, -0.2) is 8.42 Å². The maximum atomic E-state index is 11.4. The van der Waals surface area contributed by atoms with Gasteiger partial charge in [0.1, 0.15) is 0 Å². The molecular weight excluding hydrogens is 200 g/mol. The molecule has 1 rings (SSSR count). The summed E-state index contributed by atoms with van der Waals surface area (Å²) in [6.07, 6.45) is 0. The zero-order valence-corrected chi connectivity index (χ0v) is 8.92. The van der Waals surface area contributed by atoms with Gasteiger partial charge in [0.25, 0.3) is 0 Å². The van der Waals surface area contributed by atoms with Crippen molar-refractivity contribution in [1.82, 2.24) is 0 Å². The molecule has 1 N–H and O–H groups in total. The Morgan fingerprint density at radius 2 is 1.93 bits per heavy atom. The molecule has 0 unspecified atom stereocenters. The van der Waals surface area contributed by atoms with Gasteiger partial charge in [-0.3, -0.25) is 0 Å². The molecule has 0 aliphatic rings. The fourth-order valence-corrected chi connectivity index (χ4v) is 2.44. The number of hydrogen-bond acceptors (Lipinski definition) is 3. The van der Waals surface area contributed by atoms with E-state index >= 15 is 0 Å². The average molecular weight is 214 g/mol. The second-order valence-corrected chi connectivity index (χ2v) is 5.43. The van der Waals surface area contributed by atoms with Gasteiger partial charge in [-0.15, -0.1) is 0 Å². The summed E-state index contributed by atoms with van der Waals surface area (Å²) in [5.74, 6) is -0.151. The van der Waals surface area contributed by atoms with Crippen LogP contribution >= 0.6 is 0 Å². The standard InChI is InChI=1S/C10H14O3S/c1-9-4-2-3-5-10(9)8-14(12,13)7-6-11/h2-5,11H,6-8H2,1H3. The van der Waals surface area contributed by atoms with Crippen LogP contribution in [0.25, 0.3) is 0 Å². The first-order valence-electron chi connectivity index (χ1n) is 4.41. The van der Waals surface area contributed by atoms with Crippen molar-refractivity contribution in [1.29, 1.82) is 0 Å². The number of rotatable bonds is 4. The summed E-state index contributed by atoms with van der Waals surface area (Å²) in [5.41, 5.74) is 1.77. The third kappa shape index (κ3) is 3.12.